The van der Waals surface area contributed by atoms with Gasteiger partial charge in [-0.1, -0.05) is 15.9 Å². The maximum atomic E-state index is 12.4. The Labute approximate surface area is 149 Å². The van der Waals surface area contributed by atoms with Gasteiger partial charge in [0.25, 0.3) is 5.91 Å². The lowest BCUT2D eigenvalue weighted by atomic mass is 10.2. The maximum Gasteiger partial charge on any atom is 0.387 e. The number of amides is 2. The third kappa shape index (κ3) is 4.86. The number of aromatic nitrogens is 2. The number of aromatic amines is 1. The Kier molecular flexibility index (Phi) is 5.86. The maximum absolute atomic E-state index is 12.4. The van der Waals surface area contributed by atoms with Crippen LogP contribution < -0.4 is 15.8 Å². The number of rotatable bonds is 6. The molecule has 25 heavy (non-hydrogen) atoms. The third-order valence-electron chi connectivity index (χ3n) is 3.03. The molecule has 7 nitrogen and oxygen atoms in total. The van der Waals surface area contributed by atoms with Crippen molar-refractivity contribution in [2.75, 3.05) is 5.32 Å². The van der Waals surface area contributed by atoms with E-state index in [2.05, 4.69) is 36.2 Å². The van der Waals surface area contributed by atoms with Crippen LogP contribution in [0.25, 0.3) is 6.08 Å². The predicted molar refractivity (Wildman–Crippen MR) is 90.3 cm³/mol. The molecule has 4 N–H and O–H groups in total. The number of ether oxygens (including phenoxy) is 1. The van der Waals surface area contributed by atoms with Crippen LogP contribution >= 0.6 is 15.9 Å². The minimum absolute atomic E-state index is 0.0837. The van der Waals surface area contributed by atoms with E-state index < -0.39 is 18.4 Å². The molecule has 0 saturated carbocycles. The van der Waals surface area contributed by atoms with E-state index in [0.717, 1.165) is 6.08 Å². The summed E-state index contributed by atoms with van der Waals surface area (Å²) in [6, 6.07) is 4.39. The van der Waals surface area contributed by atoms with Gasteiger partial charge in [-0.3, -0.25) is 14.7 Å². The Morgan fingerprint density at radius 3 is 2.80 bits per heavy atom. The number of primary amides is 1. The second-order valence-electron chi connectivity index (χ2n) is 4.82. The van der Waals surface area contributed by atoms with Crippen LogP contribution in [0.3, 0.4) is 0 Å². The fourth-order valence-electron chi connectivity index (χ4n) is 1.94. The summed E-state index contributed by atoms with van der Waals surface area (Å²) in [5.74, 6) is -1.49. The van der Waals surface area contributed by atoms with Crippen LogP contribution in [0, 0.1) is 6.92 Å². The fraction of sp³-hybridized carbons (Fsp3) is 0.133. The van der Waals surface area contributed by atoms with E-state index in [1.54, 1.807) is 6.92 Å². The van der Waals surface area contributed by atoms with Crippen molar-refractivity contribution >= 4 is 39.5 Å². The zero-order valence-corrected chi connectivity index (χ0v) is 14.4. The van der Waals surface area contributed by atoms with Gasteiger partial charge in [0, 0.05) is 16.1 Å². The molecule has 0 aliphatic rings. The zero-order valence-electron chi connectivity index (χ0n) is 12.8. The number of hydrogen-bond acceptors (Lipinski definition) is 4. The van der Waals surface area contributed by atoms with E-state index >= 15 is 0 Å². The summed E-state index contributed by atoms with van der Waals surface area (Å²) < 4.78 is 29.9. The topological polar surface area (TPSA) is 110 Å². The Hall–Kier alpha value is -2.75. The van der Waals surface area contributed by atoms with Crippen molar-refractivity contribution in [3.8, 4) is 5.75 Å². The molecule has 2 rings (SSSR count). The first-order chi connectivity index (χ1) is 11.8. The summed E-state index contributed by atoms with van der Waals surface area (Å²) in [6.07, 6.45) is 2.41. The molecule has 0 unspecified atom stereocenters. The first-order valence-electron chi connectivity index (χ1n) is 6.86. The van der Waals surface area contributed by atoms with Crippen molar-refractivity contribution in [2.24, 2.45) is 5.73 Å². The second kappa shape index (κ2) is 7.88. The lowest BCUT2D eigenvalue weighted by molar-refractivity contribution is -0.111. The highest BCUT2D eigenvalue weighted by Crippen LogP contribution is 2.26. The molecule has 0 aliphatic heterocycles. The van der Waals surface area contributed by atoms with Gasteiger partial charge in [0.1, 0.15) is 5.75 Å². The van der Waals surface area contributed by atoms with Crippen LogP contribution in [-0.4, -0.2) is 28.6 Å². The van der Waals surface area contributed by atoms with E-state index in [-0.39, 0.29) is 22.7 Å². The molecule has 0 bridgehead atoms. The summed E-state index contributed by atoms with van der Waals surface area (Å²) in [5.41, 5.74) is 5.92. The number of nitrogens with two attached hydrogens (primary N) is 1. The number of carbonyl (C=O) groups excluding carboxylic acids is 2. The molecule has 2 amide bonds. The van der Waals surface area contributed by atoms with Crippen LogP contribution in [0.5, 0.6) is 5.75 Å². The third-order valence-corrected chi connectivity index (χ3v) is 3.52. The smallest absolute Gasteiger partial charge is 0.387 e. The van der Waals surface area contributed by atoms with Gasteiger partial charge in [-0.05, 0) is 31.2 Å². The number of alkyl halides is 2. The van der Waals surface area contributed by atoms with Crippen LogP contribution in [0.15, 0.2) is 28.7 Å². The number of nitrogens with zero attached hydrogens (tertiary/aromatic N) is 1. The molecular formula is C15H13BrF2N4O3. The number of carbonyl (C=O) groups is 2. The number of anilines is 1. The lowest BCUT2D eigenvalue weighted by Crippen LogP contribution is -2.16. The minimum atomic E-state index is -2.99. The monoisotopic (exact) mass is 414 g/mol. The van der Waals surface area contributed by atoms with Crippen molar-refractivity contribution in [3.05, 3.63) is 45.7 Å². The molecule has 10 heteroatoms. The Morgan fingerprint density at radius 2 is 2.16 bits per heavy atom. The van der Waals surface area contributed by atoms with Gasteiger partial charge in [-0.15, -0.1) is 0 Å². The highest BCUT2D eigenvalue weighted by atomic mass is 79.9. The fourth-order valence-corrected chi connectivity index (χ4v) is 2.32. The largest absolute Gasteiger partial charge is 0.434 e. The number of halogens is 3. The normalized spacial score (nSPS) is 11.1. The van der Waals surface area contributed by atoms with E-state index in [1.807, 2.05) is 0 Å². The van der Waals surface area contributed by atoms with Crippen LogP contribution in [0.1, 0.15) is 21.7 Å². The molecule has 1 aromatic carbocycles. The molecule has 0 aliphatic carbocycles. The quantitative estimate of drug-likeness (QED) is 0.631. The number of aryl methyl sites for hydroxylation is 1. The molecule has 0 spiro atoms. The molecule has 0 saturated heterocycles. The standard InChI is InChI=1S/C15H13BrF2N4O3/c1-7-12(13(14(19)24)22-21-7)20-11(23)5-2-8-6-9(16)3-4-10(8)25-15(17)18/h2-6,15H,1H3,(H2,19,24)(H,20,23)(H,21,22)/b5-2+. The van der Waals surface area contributed by atoms with E-state index in [9.17, 15) is 18.4 Å². The highest BCUT2D eigenvalue weighted by molar-refractivity contribution is 9.10. The van der Waals surface area contributed by atoms with Gasteiger partial charge in [0.05, 0.1) is 11.4 Å². The minimum Gasteiger partial charge on any atom is -0.434 e. The summed E-state index contributed by atoms with van der Waals surface area (Å²) >= 11 is 3.21. The summed E-state index contributed by atoms with van der Waals surface area (Å²) in [6.45, 7) is -1.39. The molecule has 0 fully saturated rings. The molecular weight excluding hydrogens is 402 g/mol. The second-order valence-corrected chi connectivity index (χ2v) is 5.74. The number of hydrogen-bond donors (Lipinski definition) is 3. The summed E-state index contributed by atoms with van der Waals surface area (Å²) in [4.78, 5) is 23.3. The molecule has 0 radical (unpaired) electrons. The average Bonchev–Trinajstić information content (AvgIpc) is 2.88. The van der Waals surface area contributed by atoms with Crippen LogP contribution in [0.2, 0.25) is 0 Å². The van der Waals surface area contributed by atoms with Crippen LogP contribution in [-0.2, 0) is 4.79 Å². The van der Waals surface area contributed by atoms with Gasteiger partial charge in [0.2, 0.25) is 5.91 Å². The predicted octanol–water partition coefficient (Wildman–Crippen LogP) is 2.83. The number of H-pyrrole nitrogens is 1. The Balaban J connectivity index is 2.20. The van der Waals surface area contributed by atoms with Gasteiger partial charge >= 0.3 is 6.61 Å². The zero-order chi connectivity index (χ0) is 18.6. The Morgan fingerprint density at radius 1 is 1.44 bits per heavy atom. The van der Waals surface area contributed by atoms with E-state index in [1.165, 1.54) is 24.3 Å². The van der Waals surface area contributed by atoms with Gasteiger partial charge in [0.15, 0.2) is 5.69 Å². The van der Waals surface area contributed by atoms with E-state index in [4.69, 9.17) is 5.73 Å². The average molecular weight is 415 g/mol. The number of benzene rings is 1. The lowest BCUT2D eigenvalue weighted by Gasteiger charge is -2.08. The van der Waals surface area contributed by atoms with Gasteiger partial charge in [-0.25, -0.2) is 0 Å². The van der Waals surface area contributed by atoms with Crippen molar-refractivity contribution in [1.29, 1.82) is 0 Å². The molecule has 2 aromatic rings. The van der Waals surface area contributed by atoms with Gasteiger partial charge < -0.3 is 15.8 Å². The van der Waals surface area contributed by atoms with Crippen molar-refractivity contribution < 1.29 is 23.1 Å². The first-order valence-corrected chi connectivity index (χ1v) is 7.65. The molecule has 1 aromatic heterocycles. The van der Waals surface area contributed by atoms with Crippen molar-refractivity contribution in [1.82, 2.24) is 10.2 Å². The van der Waals surface area contributed by atoms with Crippen molar-refractivity contribution in [3.63, 3.8) is 0 Å². The Bertz CT molecular complexity index is 836. The first kappa shape index (κ1) is 18.6. The highest BCUT2D eigenvalue weighted by Gasteiger charge is 2.16. The van der Waals surface area contributed by atoms with E-state index in [0.29, 0.717) is 10.2 Å². The summed E-state index contributed by atoms with van der Waals surface area (Å²) in [7, 11) is 0. The molecule has 0 atom stereocenters. The SMILES string of the molecule is Cc1[nH]nc(C(N)=O)c1NC(=O)/C=C/c1cc(Br)ccc1OC(F)F. The van der Waals surface area contributed by atoms with Crippen LogP contribution in [0.4, 0.5) is 14.5 Å². The van der Waals surface area contributed by atoms with Gasteiger partial charge in [-0.2, -0.15) is 13.9 Å². The molecule has 1 heterocycles. The summed E-state index contributed by atoms with van der Waals surface area (Å²) in [5, 5.41) is 8.70. The molecule has 132 valence electrons. The van der Waals surface area contributed by atoms with Crippen molar-refractivity contribution in [2.45, 2.75) is 13.5 Å². The number of nitrogens with one attached hydrogen (secondary N) is 2.